The molecule has 0 radical (unpaired) electrons. The number of hydrogen-bond donors (Lipinski definition) is 2. The minimum atomic E-state index is -0.881. The Morgan fingerprint density at radius 1 is 0.902 bits per heavy atom. The van der Waals surface area contributed by atoms with Gasteiger partial charge in [-0.05, 0) is 74.5 Å². The molecule has 4 fully saturated rings. The number of ketones is 2. The summed E-state index contributed by atoms with van der Waals surface area (Å²) < 4.78 is 5.54. The van der Waals surface area contributed by atoms with Crippen LogP contribution >= 0.6 is 0 Å². The van der Waals surface area contributed by atoms with E-state index in [1.54, 1.807) is 25.7 Å². The minimum Gasteiger partial charge on any atom is -0.444 e. The number of Topliss-reactive ketones (excluding diaryl/α,β-unsaturated/α-hetero) is 2. The van der Waals surface area contributed by atoms with Crippen LogP contribution in [0.4, 0.5) is 4.79 Å². The van der Waals surface area contributed by atoms with Crippen LogP contribution in [0.1, 0.15) is 107 Å². The van der Waals surface area contributed by atoms with E-state index in [0.29, 0.717) is 18.9 Å². The van der Waals surface area contributed by atoms with Crippen molar-refractivity contribution in [3.8, 4) is 0 Å². The van der Waals surface area contributed by atoms with Gasteiger partial charge in [-0.3, -0.25) is 19.2 Å². The summed E-state index contributed by atoms with van der Waals surface area (Å²) in [5, 5.41) is 5.82. The van der Waals surface area contributed by atoms with Gasteiger partial charge in [-0.25, -0.2) is 4.79 Å². The van der Waals surface area contributed by atoms with E-state index in [1.165, 1.54) is 6.92 Å². The van der Waals surface area contributed by atoms with Crippen molar-refractivity contribution in [3.05, 3.63) is 0 Å². The highest BCUT2D eigenvalue weighted by molar-refractivity contribution is 6.38. The molecule has 0 aromatic heterocycles. The van der Waals surface area contributed by atoms with Gasteiger partial charge in [-0.2, -0.15) is 0 Å². The normalized spacial score (nSPS) is 28.5. The van der Waals surface area contributed by atoms with Crippen LogP contribution in [-0.2, 0) is 23.9 Å². The Kier molecular flexibility index (Phi) is 8.70. The first-order chi connectivity index (χ1) is 19.0. The summed E-state index contributed by atoms with van der Waals surface area (Å²) in [5.41, 5.74) is -1.08. The number of likely N-dealkylation sites (tertiary alicyclic amines) is 1. The van der Waals surface area contributed by atoms with E-state index < -0.39 is 41.4 Å². The largest absolute Gasteiger partial charge is 0.444 e. The zero-order chi connectivity index (χ0) is 30.5. The van der Waals surface area contributed by atoms with Crippen molar-refractivity contribution in [2.24, 2.45) is 34.5 Å². The predicted molar refractivity (Wildman–Crippen MR) is 155 cm³/mol. The predicted octanol–water partition coefficient (Wildman–Crippen LogP) is 4.41. The third-order valence-electron chi connectivity index (χ3n) is 10.8. The van der Waals surface area contributed by atoms with Crippen molar-refractivity contribution in [3.63, 3.8) is 0 Å². The number of amides is 3. The van der Waals surface area contributed by atoms with Gasteiger partial charge in [0.15, 0.2) is 5.78 Å². The van der Waals surface area contributed by atoms with Gasteiger partial charge in [0, 0.05) is 13.5 Å². The lowest BCUT2D eigenvalue weighted by Crippen LogP contribution is -2.64. The number of nitrogens with one attached hydrogen (secondary N) is 2. The molecule has 1 heterocycles. The maximum Gasteiger partial charge on any atom is 0.408 e. The Labute approximate surface area is 245 Å². The standard InChI is InChI=1S/C32H51N3O6/c1-18(36)26(37)22(16-19-14-15-19)33-27(38)25-23-21(31(5,6)32(23,7)8)17-35(25)28(39)24(20-12-10-9-11-13-20)34-29(40)41-30(2,3)4/h19-25H,9-17H2,1-8H3,(H,33,38)(H,34,40)/t21-,22?,23-,24-,25-/m0/s1. The zero-order valence-electron chi connectivity index (χ0n) is 26.3. The molecule has 2 N–H and O–H groups in total. The van der Waals surface area contributed by atoms with Gasteiger partial charge >= 0.3 is 6.09 Å². The van der Waals surface area contributed by atoms with E-state index in [-0.39, 0.29) is 40.4 Å². The van der Waals surface area contributed by atoms with Crippen LogP contribution in [0.25, 0.3) is 0 Å². The SMILES string of the molecule is CC(=O)C(=O)C(CC1CC1)NC(=O)[C@@H]1[C@@H]2[C@H](CN1C(=O)[C@@H](NC(=O)OC(C)(C)C)C1CCCCC1)C(C)(C)C2(C)C. The molecular weight excluding hydrogens is 522 g/mol. The molecule has 5 atom stereocenters. The van der Waals surface area contributed by atoms with Gasteiger partial charge in [0.05, 0.1) is 6.04 Å². The molecule has 230 valence electrons. The smallest absolute Gasteiger partial charge is 0.408 e. The van der Waals surface area contributed by atoms with Crippen LogP contribution < -0.4 is 10.6 Å². The molecule has 0 bridgehead atoms. The summed E-state index contributed by atoms with van der Waals surface area (Å²) >= 11 is 0. The Morgan fingerprint density at radius 3 is 2.05 bits per heavy atom. The van der Waals surface area contributed by atoms with Crippen LogP contribution in [0.5, 0.6) is 0 Å². The highest BCUT2D eigenvalue weighted by atomic mass is 16.6. The molecule has 3 saturated carbocycles. The van der Waals surface area contributed by atoms with E-state index >= 15 is 0 Å². The molecule has 3 amide bonds. The molecule has 1 aliphatic heterocycles. The number of rotatable bonds is 9. The lowest BCUT2D eigenvalue weighted by Gasteiger charge is -2.63. The highest BCUT2D eigenvalue weighted by Gasteiger charge is 2.70. The summed E-state index contributed by atoms with van der Waals surface area (Å²) in [6.45, 7) is 15.7. The Morgan fingerprint density at radius 2 is 1.51 bits per heavy atom. The van der Waals surface area contributed by atoms with Crippen molar-refractivity contribution in [1.82, 2.24) is 15.5 Å². The first kappa shape index (κ1) is 31.5. The van der Waals surface area contributed by atoms with E-state index in [9.17, 15) is 24.0 Å². The van der Waals surface area contributed by atoms with Gasteiger partial charge in [0.25, 0.3) is 0 Å². The number of hydrogen-bond acceptors (Lipinski definition) is 6. The second-order valence-corrected chi connectivity index (χ2v) is 15.2. The Bertz CT molecular complexity index is 1070. The number of nitrogens with zero attached hydrogens (tertiary/aromatic N) is 1. The molecule has 9 nitrogen and oxygen atoms in total. The summed E-state index contributed by atoms with van der Waals surface area (Å²) in [4.78, 5) is 68.0. The Hall–Kier alpha value is -2.45. The maximum atomic E-state index is 14.5. The lowest BCUT2D eigenvalue weighted by molar-refractivity contribution is -0.161. The second kappa shape index (κ2) is 11.3. The molecule has 0 aromatic rings. The number of carbonyl (C=O) groups is 5. The van der Waals surface area contributed by atoms with Gasteiger partial charge in [-0.15, -0.1) is 0 Å². The molecule has 3 aliphatic carbocycles. The van der Waals surface area contributed by atoms with Gasteiger partial charge in [0.1, 0.15) is 17.7 Å². The summed E-state index contributed by atoms with van der Waals surface area (Å²) in [6, 6.07) is -2.47. The molecule has 41 heavy (non-hydrogen) atoms. The quantitative estimate of drug-likeness (QED) is 0.394. The molecule has 1 saturated heterocycles. The van der Waals surface area contributed by atoms with Gasteiger partial charge in [0.2, 0.25) is 17.6 Å². The molecule has 4 rings (SSSR count). The number of fused-ring (bicyclic) bond motifs is 1. The van der Waals surface area contributed by atoms with E-state index in [1.807, 2.05) is 0 Å². The van der Waals surface area contributed by atoms with E-state index in [2.05, 4.69) is 38.3 Å². The van der Waals surface area contributed by atoms with Gasteiger partial charge < -0.3 is 20.3 Å². The molecule has 9 heteroatoms. The molecule has 0 spiro atoms. The highest BCUT2D eigenvalue weighted by Crippen LogP contribution is 2.68. The van der Waals surface area contributed by atoms with Crippen molar-refractivity contribution < 1.29 is 28.7 Å². The Balaban J connectivity index is 1.64. The van der Waals surface area contributed by atoms with Crippen LogP contribution in [0, 0.1) is 34.5 Å². The fraction of sp³-hybridized carbons (Fsp3) is 0.844. The third-order valence-corrected chi connectivity index (χ3v) is 10.8. The van der Waals surface area contributed by atoms with Crippen LogP contribution in [0.3, 0.4) is 0 Å². The van der Waals surface area contributed by atoms with Crippen molar-refractivity contribution in [2.75, 3.05) is 6.54 Å². The summed E-state index contributed by atoms with van der Waals surface area (Å²) in [5.74, 6) is -1.54. The lowest BCUT2D eigenvalue weighted by atomic mass is 9.40. The van der Waals surface area contributed by atoms with E-state index in [4.69, 9.17) is 4.74 Å². The zero-order valence-corrected chi connectivity index (χ0v) is 26.3. The number of alkyl carbamates (subject to hydrolysis) is 1. The summed E-state index contributed by atoms with van der Waals surface area (Å²) in [6.07, 6.45) is 6.46. The summed E-state index contributed by atoms with van der Waals surface area (Å²) in [7, 11) is 0. The van der Waals surface area contributed by atoms with Crippen LogP contribution in [0.2, 0.25) is 0 Å². The minimum absolute atomic E-state index is 0.0475. The molecule has 4 aliphatic rings. The maximum absolute atomic E-state index is 14.5. The fourth-order valence-electron chi connectivity index (χ4n) is 7.65. The second-order valence-electron chi connectivity index (χ2n) is 15.2. The fourth-order valence-corrected chi connectivity index (χ4v) is 7.65. The van der Waals surface area contributed by atoms with E-state index in [0.717, 1.165) is 44.9 Å². The first-order valence-corrected chi connectivity index (χ1v) is 15.6. The van der Waals surface area contributed by atoms with Crippen LogP contribution in [0.15, 0.2) is 0 Å². The average Bonchev–Trinajstić information content (AvgIpc) is 3.60. The van der Waals surface area contributed by atoms with Crippen molar-refractivity contribution in [2.45, 2.75) is 130 Å². The number of ether oxygens (including phenoxy) is 1. The first-order valence-electron chi connectivity index (χ1n) is 15.6. The average molecular weight is 574 g/mol. The molecule has 1 unspecified atom stereocenters. The van der Waals surface area contributed by atoms with Crippen LogP contribution in [-0.4, -0.2) is 64.6 Å². The molecule has 0 aromatic carbocycles. The monoisotopic (exact) mass is 573 g/mol. The van der Waals surface area contributed by atoms with Crippen molar-refractivity contribution >= 4 is 29.5 Å². The van der Waals surface area contributed by atoms with Crippen molar-refractivity contribution in [1.29, 1.82) is 0 Å². The topological polar surface area (TPSA) is 122 Å². The molecular formula is C32H51N3O6. The third kappa shape index (κ3) is 6.34. The number of carbonyl (C=O) groups excluding carboxylic acids is 5. The van der Waals surface area contributed by atoms with Gasteiger partial charge in [-0.1, -0.05) is 59.8 Å².